The van der Waals surface area contributed by atoms with E-state index in [0.717, 1.165) is 40.7 Å². The molecule has 0 aromatic heterocycles. The van der Waals surface area contributed by atoms with Crippen LogP contribution >= 0.6 is 0 Å². The molecule has 0 saturated heterocycles. The minimum atomic E-state index is 0.179. The number of hydrogen-bond acceptors (Lipinski definition) is 1. The average molecular weight is 314 g/mol. The molecule has 1 aliphatic rings. The number of carbonyl (C=O) groups is 1. The van der Waals surface area contributed by atoms with Gasteiger partial charge in [0.05, 0.1) is 0 Å². The molecule has 0 N–H and O–H groups in total. The van der Waals surface area contributed by atoms with Crippen molar-refractivity contribution < 1.29 is 4.79 Å². The van der Waals surface area contributed by atoms with Crippen molar-refractivity contribution in [2.24, 2.45) is 0 Å². The number of fused-ring (bicyclic) bond motifs is 1. The molecule has 1 nitrogen and oxygen atoms in total. The van der Waals surface area contributed by atoms with E-state index in [9.17, 15) is 4.79 Å². The monoisotopic (exact) mass is 314 g/mol. The highest BCUT2D eigenvalue weighted by molar-refractivity contribution is 6.11. The first-order valence-electron chi connectivity index (χ1n) is 8.31. The quantitative estimate of drug-likeness (QED) is 0.667. The second-order valence-electron chi connectivity index (χ2n) is 6.34. The minimum absolute atomic E-state index is 0.179. The Kier molecular flexibility index (Phi) is 4.35. The van der Waals surface area contributed by atoms with Gasteiger partial charge >= 0.3 is 0 Å². The molecule has 1 heteroatoms. The summed E-state index contributed by atoms with van der Waals surface area (Å²) in [7, 11) is 0. The summed E-state index contributed by atoms with van der Waals surface area (Å²) in [6, 6.07) is 12.5. The molecule has 0 fully saturated rings. The average Bonchev–Trinajstić information content (AvgIpc) is 2.88. The molecule has 2 aromatic rings. The van der Waals surface area contributed by atoms with Crippen molar-refractivity contribution in [3.05, 3.63) is 89.5 Å². The molecule has 0 saturated carbocycles. The van der Waals surface area contributed by atoms with E-state index in [1.54, 1.807) is 0 Å². The zero-order valence-corrected chi connectivity index (χ0v) is 14.2. The number of ketones is 1. The first kappa shape index (κ1) is 16.2. The Balaban J connectivity index is 1.91. The molecule has 2 aromatic carbocycles. The molecule has 0 aliphatic heterocycles. The van der Waals surface area contributed by atoms with Gasteiger partial charge in [-0.05, 0) is 51.8 Å². The molecule has 0 unspecified atom stereocenters. The second kappa shape index (κ2) is 6.45. The molecule has 0 spiro atoms. The molecule has 0 bridgehead atoms. The van der Waals surface area contributed by atoms with Gasteiger partial charge in [-0.3, -0.25) is 4.79 Å². The Morgan fingerprint density at radius 1 is 1.12 bits per heavy atom. The van der Waals surface area contributed by atoms with Gasteiger partial charge < -0.3 is 0 Å². The number of rotatable bonds is 5. The smallest absolute Gasteiger partial charge is 0.167 e. The maximum absolute atomic E-state index is 11.9. The summed E-state index contributed by atoms with van der Waals surface area (Å²) in [5.41, 5.74) is 8.60. The predicted molar refractivity (Wildman–Crippen MR) is 103 cm³/mol. The second-order valence-corrected chi connectivity index (χ2v) is 6.34. The predicted octanol–water partition coefficient (Wildman–Crippen LogP) is 5.94. The maximum atomic E-state index is 11.9. The molecule has 120 valence electrons. The topological polar surface area (TPSA) is 17.1 Å². The van der Waals surface area contributed by atoms with Crippen LogP contribution in [0.2, 0.25) is 0 Å². The Bertz CT molecular complexity index is 868. The van der Waals surface area contributed by atoms with E-state index in [-0.39, 0.29) is 5.78 Å². The van der Waals surface area contributed by atoms with Crippen LogP contribution in [0.1, 0.15) is 57.9 Å². The Morgan fingerprint density at radius 2 is 1.83 bits per heavy atom. The van der Waals surface area contributed by atoms with Gasteiger partial charge in [0, 0.05) is 12.0 Å². The van der Waals surface area contributed by atoms with Gasteiger partial charge in [0.25, 0.3) is 0 Å². The van der Waals surface area contributed by atoms with Gasteiger partial charge in [0.15, 0.2) is 5.78 Å². The lowest BCUT2D eigenvalue weighted by atomic mass is 9.94. The first-order chi connectivity index (χ1) is 11.5. The summed E-state index contributed by atoms with van der Waals surface area (Å²) < 4.78 is 0. The van der Waals surface area contributed by atoms with Crippen LogP contribution in [0.15, 0.2) is 56.1 Å². The van der Waals surface area contributed by atoms with Crippen LogP contribution in [0.4, 0.5) is 0 Å². The lowest BCUT2D eigenvalue weighted by Crippen LogP contribution is -1.95. The van der Waals surface area contributed by atoms with Crippen LogP contribution in [0.25, 0.3) is 17.2 Å². The van der Waals surface area contributed by atoms with Crippen molar-refractivity contribution in [3.8, 4) is 0 Å². The molecule has 1 aliphatic carbocycles. The van der Waals surface area contributed by atoms with Crippen molar-refractivity contribution in [3.63, 3.8) is 0 Å². The largest absolute Gasteiger partial charge is 0.294 e. The van der Waals surface area contributed by atoms with Gasteiger partial charge in [0.2, 0.25) is 0 Å². The van der Waals surface area contributed by atoms with E-state index in [1.165, 1.54) is 16.7 Å². The lowest BCUT2D eigenvalue weighted by Gasteiger charge is -2.11. The molecule has 0 amide bonds. The Labute approximate surface area is 144 Å². The van der Waals surface area contributed by atoms with Crippen LogP contribution in [-0.2, 0) is 6.42 Å². The van der Waals surface area contributed by atoms with Crippen LogP contribution < -0.4 is 0 Å². The zero-order valence-electron chi connectivity index (χ0n) is 14.2. The van der Waals surface area contributed by atoms with Gasteiger partial charge in [-0.1, -0.05) is 69.1 Å². The number of allylic oxidation sites excluding steroid dienone is 2. The highest BCUT2D eigenvalue weighted by atomic mass is 16.1. The van der Waals surface area contributed by atoms with Crippen molar-refractivity contribution in [1.29, 1.82) is 0 Å². The summed E-state index contributed by atoms with van der Waals surface area (Å²) in [5, 5.41) is 0. The van der Waals surface area contributed by atoms with E-state index < -0.39 is 0 Å². The highest BCUT2D eigenvalue weighted by Crippen LogP contribution is 2.32. The van der Waals surface area contributed by atoms with Gasteiger partial charge in [0.1, 0.15) is 0 Å². The van der Waals surface area contributed by atoms with Crippen molar-refractivity contribution in [2.45, 2.75) is 26.2 Å². The van der Waals surface area contributed by atoms with Crippen LogP contribution in [0.3, 0.4) is 0 Å². The van der Waals surface area contributed by atoms with Crippen molar-refractivity contribution >= 4 is 23.0 Å². The molecule has 0 radical (unpaired) electrons. The third-order valence-electron chi connectivity index (χ3n) is 4.69. The normalized spacial score (nSPS) is 13.0. The fourth-order valence-electron chi connectivity index (χ4n) is 3.26. The van der Waals surface area contributed by atoms with Gasteiger partial charge in [-0.15, -0.1) is 0 Å². The summed E-state index contributed by atoms with van der Waals surface area (Å²) in [5.74, 6) is 0.179. The van der Waals surface area contributed by atoms with E-state index in [2.05, 4.69) is 50.9 Å². The number of carbonyl (C=O) groups excluding carboxylic acids is 1. The summed E-state index contributed by atoms with van der Waals surface area (Å²) in [6.45, 7) is 14.2. The Morgan fingerprint density at radius 3 is 2.54 bits per heavy atom. The standard InChI is InChI=1S/C23H22O/c1-5-15(3)20-9-7-17(13-19(20)6-2)12-18-8-10-21-22(14-18)16(4)11-23(21)24/h6-10,13-14H,2-5,11-12H2,1H3. The van der Waals surface area contributed by atoms with Gasteiger partial charge in [-0.25, -0.2) is 0 Å². The zero-order chi connectivity index (χ0) is 17.3. The molecule has 0 heterocycles. The van der Waals surface area contributed by atoms with Crippen LogP contribution in [-0.4, -0.2) is 5.78 Å². The van der Waals surface area contributed by atoms with E-state index in [0.29, 0.717) is 6.42 Å². The summed E-state index contributed by atoms with van der Waals surface area (Å²) in [6.07, 6.45) is 4.10. The van der Waals surface area contributed by atoms with Gasteiger partial charge in [-0.2, -0.15) is 0 Å². The highest BCUT2D eigenvalue weighted by Gasteiger charge is 2.22. The SMILES string of the molecule is C=Cc1cc(Cc2ccc3c(c2)C(=C)CC3=O)ccc1C(=C)CC. The molecule has 0 atom stereocenters. The van der Waals surface area contributed by atoms with Crippen molar-refractivity contribution in [1.82, 2.24) is 0 Å². The molecular formula is C23H22O. The third-order valence-corrected chi connectivity index (χ3v) is 4.69. The summed E-state index contributed by atoms with van der Waals surface area (Å²) >= 11 is 0. The van der Waals surface area contributed by atoms with Crippen LogP contribution in [0.5, 0.6) is 0 Å². The van der Waals surface area contributed by atoms with E-state index in [4.69, 9.17) is 0 Å². The minimum Gasteiger partial charge on any atom is -0.294 e. The summed E-state index contributed by atoms with van der Waals surface area (Å²) in [4.78, 5) is 11.9. The Hall–Kier alpha value is -2.67. The first-order valence-corrected chi connectivity index (χ1v) is 8.31. The third kappa shape index (κ3) is 2.90. The van der Waals surface area contributed by atoms with Crippen molar-refractivity contribution in [2.75, 3.05) is 0 Å². The lowest BCUT2D eigenvalue weighted by molar-refractivity contribution is 0.100. The van der Waals surface area contributed by atoms with Crippen LogP contribution in [0, 0.1) is 0 Å². The fraction of sp³-hybridized carbons (Fsp3) is 0.174. The maximum Gasteiger partial charge on any atom is 0.167 e. The molecule has 3 rings (SSSR count). The fourth-order valence-corrected chi connectivity index (χ4v) is 3.26. The number of hydrogen-bond donors (Lipinski definition) is 0. The van der Waals surface area contributed by atoms with E-state index >= 15 is 0 Å². The molecule has 24 heavy (non-hydrogen) atoms. The number of benzene rings is 2. The van der Waals surface area contributed by atoms with E-state index in [1.807, 2.05) is 18.2 Å². The molecular weight excluding hydrogens is 292 g/mol. The number of Topliss-reactive ketones (excluding diaryl/α,β-unsaturated/α-hetero) is 1.